The Hall–Kier alpha value is -2.20. The Kier molecular flexibility index (Phi) is 3.69. The molecule has 1 aromatic heterocycles. The van der Waals surface area contributed by atoms with Crippen LogP contribution in [0.5, 0.6) is 0 Å². The van der Waals surface area contributed by atoms with Gasteiger partial charge in [0.2, 0.25) is 0 Å². The van der Waals surface area contributed by atoms with Crippen LogP contribution >= 0.6 is 0 Å². The topological polar surface area (TPSA) is 68.0 Å². The molecule has 2 aromatic rings. The highest BCUT2D eigenvalue weighted by Gasteiger charge is 2.12. The normalized spacial score (nSPS) is 10.1. The van der Waals surface area contributed by atoms with Crippen molar-refractivity contribution in [3.05, 3.63) is 53.9 Å². The number of pyridine rings is 1. The molecule has 0 fully saturated rings. The van der Waals surface area contributed by atoms with E-state index in [0.29, 0.717) is 12.2 Å². The summed E-state index contributed by atoms with van der Waals surface area (Å²) < 4.78 is 0. The van der Waals surface area contributed by atoms with Gasteiger partial charge in [-0.1, -0.05) is 24.3 Å². The van der Waals surface area contributed by atoms with Gasteiger partial charge in [0.1, 0.15) is 5.69 Å². The minimum atomic E-state index is -0.191. The fourth-order valence-electron chi connectivity index (χ4n) is 1.80. The van der Waals surface area contributed by atoms with Crippen molar-refractivity contribution in [2.45, 2.75) is 6.54 Å². The van der Waals surface area contributed by atoms with Crippen molar-refractivity contribution >= 4 is 5.91 Å². The van der Waals surface area contributed by atoms with Crippen LogP contribution in [0.15, 0.2) is 42.6 Å². The maximum absolute atomic E-state index is 11.8. The van der Waals surface area contributed by atoms with Gasteiger partial charge in [0.15, 0.2) is 0 Å². The van der Waals surface area contributed by atoms with Gasteiger partial charge >= 0.3 is 0 Å². The summed E-state index contributed by atoms with van der Waals surface area (Å²) in [4.78, 5) is 15.9. The first-order chi connectivity index (χ1) is 8.76. The van der Waals surface area contributed by atoms with E-state index in [4.69, 9.17) is 5.73 Å². The Bertz CT molecular complexity index is 566. The Morgan fingerprint density at radius 1 is 1.33 bits per heavy atom. The lowest BCUT2D eigenvalue weighted by atomic mass is 10.0. The smallest absolute Gasteiger partial charge is 0.270 e. The fourth-order valence-corrected chi connectivity index (χ4v) is 1.80. The highest BCUT2D eigenvalue weighted by Crippen LogP contribution is 2.23. The summed E-state index contributed by atoms with van der Waals surface area (Å²) in [6, 6.07) is 11.5. The highest BCUT2D eigenvalue weighted by molar-refractivity contribution is 5.98. The van der Waals surface area contributed by atoms with Crippen LogP contribution in [-0.4, -0.2) is 17.9 Å². The van der Waals surface area contributed by atoms with Gasteiger partial charge in [0.05, 0.1) is 0 Å². The van der Waals surface area contributed by atoms with E-state index in [1.807, 2.05) is 36.4 Å². The molecular weight excluding hydrogens is 226 g/mol. The van der Waals surface area contributed by atoms with Gasteiger partial charge in [0, 0.05) is 25.4 Å². The molecule has 1 aromatic carbocycles. The van der Waals surface area contributed by atoms with E-state index < -0.39 is 0 Å². The average molecular weight is 241 g/mol. The quantitative estimate of drug-likeness (QED) is 0.857. The SMILES string of the molecule is CNC(=O)c1ncccc1-c1cccc(CN)c1. The van der Waals surface area contributed by atoms with Crippen molar-refractivity contribution in [1.29, 1.82) is 0 Å². The minimum Gasteiger partial charge on any atom is -0.354 e. The zero-order valence-corrected chi connectivity index (χ0v) is 10.2. The number of aromatic nitrogens is 1. The van der Waals surface area contributed by atoms with Crippen molar-refractivity contribution in [1.82, 2.24) is 10.3 Å². The molecule has 0 aliphatic carbocycles. The van der Waals surface area contributed by atoms with Gasteiger partial charge in [-0.05, 0) is 23.3 Å². The van der Waals surface area contributed by atoms with Crippen molar-refractivity contribution in [3.8, 4) is 11.1 Å². The molecule has 92 valence electrons. The summed E-state index contributed by atoms with van der Waals surface area (Å²) >= 11 is 0. The lowest BCUT2D eigenvalue weighted by molar-refractivity contribution is 0.0959. The lowest BCUT2D eigenvalue weighted by Gasteiger charge is -2.08. The van der Waals surface area contributed by atoms with E-state index in [2.05, 4.69) is 10.3 Å². The molecule has 0 bridgehead atoms. The van der Waals surface area contributed by atoms with Crippen LogP contribution in [0, 0.1) is 0 Å². The molecule has 0 saturated carbocycles. The van der Waals surface area contributed by atoms with Crippen LogP contribution in [0.4, 0.5) is 0 Å². The zero-order valence-electron chi connectivity index (χ0n) is 10.2. The molecule has 0 saturated heterocycles. The summed E-state index contributed by atoms with van der Waals surface area (Å²) in [6.07, 6.45) is 1.61. The second kappa shape index (κ2) is 5.42. The molecule has 18 heavy (non-hydrogen) atoms. The van der Waals surface area contributed by atoms with Gasteiger partial charge in [-0.3, -0.25) is 9.78 Å². The van der Waals surface area contributed by atoms with Crippen LogP contribution in [0.3, 0.4) is 0 Å². The zero-order chi connectivity index (χ0) is 13.0. The van der Waals surface area contributed by atoms with Crippen LogP contribution in [-0.2, 0) is 6.54 Å². The third kappa shape index (κ3) is 2.38. The summed E-state index contributed by atoms with van der Waals surface area (Å²) in [5.41, 5.74) is 8.84. The average Bonchev–Trinajstić information content (AvgIpc) is 2.46. The second-order valence-electron chi connectivity index (χ2n) is 3.88. The summed E-state index contributed by atoms with van der Waals surface area (Å²) in [6.45, 7) is 0.476. The van der Waals surface area contributed by atoms with E-state index in [1.165, 1.54) is 0 Å². The fraction of sp³-hybridized carbons (Fsp3) is 0.143. The lowest BCUT2D eigenvalue weighted by Crippen LogP contribution is -2.20. The van der Waals surface area contributed by atoms with Gasteiger partial charge in [-0.15, -0.1) is 0 Å². The van der Waals surface area contributed by atoms with Crippen LogP contribution in [0.25, 0.3) is 11.1 Å². The van der Waals surface area contributed by atoms with Crippen molar-refractivity contribution in [2.24, 2.45) is 5.73 Å². The Labute approximate surface area is 106 Å². The molecule has 0 atom stereocenters. The molecule has 0 unspecified atom stereocenters. The molecule has 0 aliphatic rings. The molecule has 3 N–H and O–H groups in total. The number of carbonyl (C=O) groups is 1. The molecule has 1 heterocycles. The Morgan fingerprint density at radius 3 is 2.89 bits per heavy atom. The first-order valence-electron chi connectivity index (χ1n) is 5.72. The summed E-state index contributed by atoms with van der Waals surface area (Å²) in [5, 5.41) is 2.59. The maximum atomic E-state index is 11.8. The molecule has 1 amide bonds. The van der Waals surface area contributed by atoms with E-state index in [1.54, 1.807) is 13.2 Å². The standard InChI is InChI=1S/C14H15N3O/c1-16-14(18)13-12(6-3-7-17-13)11-5-2-4-10(8-11)9-15/h2-8H,9,15H2,1H3,(H,16,18). The van der Waals surface area contributed by atoms with Crippen molar-refractivity contribution < 1.29 is 4.79 Å². The van der Waals surface area contributed by atoms with E-state index >= 15 is 0 Å². The largest absolute Gasteiger partial charge is 0.354 e. The first-order valence-corrected chi connectivity index (χ1v) is 5.72. The number of carbonyl (C=O) groups excluding carboxylic acids is 1. The van der Waals surface area contributed by atoms with Gasteiger partial charge in [0.25, 0.3) is 5.91 Å². The molecule has 0 aliphatic heterocycles. The summed E-state index contributed by atoms with van der Waals surface area (Å²) in [5.74, 6) is -0.191. The number of benzene rings is 1. The second-order valence-corrected chi connectivity index (χ2v) is 3.88. The molecule has 4 nitrogen and oxygen atoms in total. The predicted octanol–water partition coefficient (Wildman–Crippen LogP) is 1.57. The Balaban J connectivity index is 2.53. The maximum Gasteiger partial charge on any atom is 0.270 e. The molecule has 2 rings (SSSR count). The third-order valence-electron chi connectivity index (χ3n) is 2.72. The highest BCUT2D eigenvalue weighted by atomic mass is 16.1. The number of nitrogens with zero attached hydrogens (tertiary/aromatic N) is 1. The monoisotopic (exact) mass is 241 g/mol. The van der Waals surface area contributed by atoms with Gasteiger partial charge < -0.3 is 11.1 Å². The number of nitrogens with two attached hydrogens (primary N) is 1. The number of nitrogens with one attached hydrogen (secondary N) is 1. The van der Waals surface area contributed by atoms with Crippen LogP contribution in [0.1, 0.15) is 16.1 Å². The van der Waals surface area contributed by atoms with E-state index in [0.717, 1.165) is 16.7 Å². The number of hydrogen-bond donors (Lipinski definition) is 2. The molecular formula is C14H15N3O. The van der Waals surface area contributed by atoms with Gasteiger partial charge in [-0.25, -0.2) is 0 Å². The first kappa shape index (κ1) is 12.3. The van der Waals surface area contributed by atoms with E-state index in [9.17, 15) is 4.79 Å². The van der Waals surface area contributed by atoms with Crippen LogP contribution in [0.2, 0.25) is 0 Å². The summed E-state index contributed by atoms with van der Waals surface area (Å²) in [7, 11) is 1.59. The van der Waals surface area contributed by atoms with E-state index in [-0.39, 0.29) is 5.91 Å². The van der Waals surface area contributed by atoms with Crippen molar-refractivity contribution in [2.75, 3.05) is 7.05 Å². The minimum absolute atomic E-state index is 0.191. The number of amides is 1. The number of hydrogen-bond acceptors (Lipinski definition) is 3. The predicted molar refractivity (Wildman–Crippen MR) is 71.0 cm³/mol. The Morgan fingerprint density at radius 2 is 2.17 bits per heavy atom. The molecule has 0 spiro atoms. The van der Waals surface area contributed by atoms with Gasteiger partial charge in [-0.2, -0.15) is 0 Å². The molecule has 0 radical (unpaired) electrons. The third-order valence-corrected chi connectivity index (χ3v) is 2.72. The number of rotatable bonds is 3. The molecule has 4 heteroatoms. The van der Waals surface area contributed by atoms with Crippen LogP contribution < -0.4 is 11.1 Å². The van der Waals surface area contributed by atoms with Crippen molar-refractivity contribution in [3.63, 3.8) is 0 Å².